The van der Waals surface area contributed by atoms with E-state index in [0.29, 0.717) is 53.0 Å². The SMILES string of the molecule is C=Cc1ccc2cc1[C@@H](n1cnc(-c3cc(I)ccc3N(/C=C(\N)Cl)NC)cc1=O)CCC[C@@H](C)C(=O)Nc1cc(C#N)c(C#N)cc1-2. The van der Waals surface area contributed by atoms with Gasteiger partial charge in [-0.1, -0.05) is 49.7 Å². The minimum absolute atomic E-state index is 0.0729. The third-order valence-corrected chi connectivity index (χ3v) is 9.12. The molecule has 0 saturated heterocycles. The van der Waals surface area contributed by atoms with E-state index in [1.54, 1.807) is 41.2 Å². The van der Waals surface area contributed by atoms with Crippen molar-refractivity contribution >= 4 is 57.5 Å². The lowest BCUT2D eigenvalue weighted by Crippen LogP contribution is -2.31. The van der Waals surface area contributed by atoms with Crippen LogP contribution < -0.4 is 27.0 Å². The van der Waals surface area contributed by atoms with Crippen LogP contribution in [0.15, 0.2) is 83.7 Å². The highest BCUT2D eigenvalue weighted by Gasteiger charge is 2.24. The van der Waals surface area contributed by atoms with Gasteiger partial charge in [0.15, 0.2) is 0 Å². The summed E-state index contributed by atoms with van der Waals surface area (Å²) >= 11 is 8.19. The summed E-state index contributed by atoms with van der Waals surface area (Å²) in [6, 6.07) is 19.9. The van der Waals surface area contributed by atoms with E-state index in [1.807, 2.05) is 43.3 Å². The summed E-state index contributed by atoms with van der Waals surface area (Å²) in [4.78, 5) is 32.1. The predicted molar refractivity (Wildman–Crippen MR) is 197 cm³/mol. The summed E-state index contributed by atoms with van der Waals surface area (Å²) in [5, 5.41) is 24.2. The normalized spacial score (nSPS) is 16.3. The smallest absolute Gasteiger partial charge is 0.254 e. The Morgan fingerprint density at radius 2 is 1.88 bits per heavy atom. The van der Waals surface area contributed by atoms with E-state index in [1.165, 1.54) is 12.3 Å². The van der Waals surface area contributed by atoms with E-state index in [4.69, 9.17) is 22.3 Å². The number of nitriles is 2. The van der Waals surface area contributed by atoms with Crippen molar-refractivity contribution in [2.45, 2.75) is 32.2 Å². The quantitative estimate of drug-likeness (QED) is 0.109. The molecule has 0 saturated carbocycles. The fourth-order valence-corrected chi connectivity index (χ4v) is 6.47. The van der Waals surface area contributed by atoms with Gasteiger partial charge in [0.05, 0.1) is 41.1 Å². The second-order valence-corrected chi connectivity index (χ2v) is 13.0. The number of anilines is 2. The van der Waals surface area contributed by atoms with Crippen LogP contribution >= 0.6 is 34.2 Å². The van der Waals surface area contributed by atoms with Crippen molar-refractivity contribution in [3.63, 3.8) is 0 Å². The summed E-state index contributed by atoms with van der Waals surface area (Å²) in [6.45, 7) is 5.88. The Kier molecular flexibility index (Phi) is 10.6. The molecule has 0 radical (unpaired) electrons. The van der Waals surface area contributed by atoms with E-state index >= 15 is 0 Å². The molecule has 2 heterocycles. The third-order valence-electron chi connectivity index (χ3n) is 8.35. The number of hydrogen-bond donors (Lipinski definition) is 3. The molecule has 0 aliphatic carbocycles. The van der Waals surface area contributed by atoms with Crippen LogP contribution in [-0.4, -0.2) is 22.5 Å². The highest BCUT2D eigenvalue weighted by molar-refractivity contribution is 14.1. The van der Waals surface area contributed by atoms with Crippen molar-refractivity contribution in [2.75, 3.05) is 17.4 Å². The maximum absolute atomic E-state index is 14.0. The monoisotopic (exact) mass is 770 g/mol. The van der Waals surface area contributed by atoms with Crippen molar-refractivity contribution in [1.29, 1.82) is 10.5 Å². The molecule has 3 aromatic carbocycles. The molecule has 2 bridgehead atoms. The second-order valence-electron chi connectivity index (χ2n) is 11.3. The van der Waals surface area contributed by atoms with Gasteiger partial charge in [0.1, 0.15) is 17.3 Å². The van der Waals surface area contributed by atoms with E-state index < -0.39 is 6.04 Å². The number of nitrogens with one attached hydrogen (secondary N) is 2. The highest BCUT2D eigenvalue weighted by atomic mass is 127. The molecule has 0 fully saturated rings. The molecule has 242 valence electrons. The van der Waals surface area contributed by atoms with Crippen LogP contribution in [0.1, 0.15) is 54.5 Å². The first-order valence-electron chi connectivity index (χ1n) is 15.1. The van der Waals surface area contributed by atoms with Crippen molar-refractivity contribution < 1.29 is 4.79 Å². The fraction of sp³-hybridized carbons (Fsp3) is 0.194. The van der Waals surface area contributed by atoms with Crippen LogP contribution in [0.2, 0.25) is 0 Å². The van der Waals surface area contributed by atoms with Gasteiger partial charge in [-0.25, -0.2) is 10.4 Å². The van der Waals surface area contributed by atoms with Crippen LogP contribution in [0.5, 0.6) is 0 Å². The first-order valence-corrected chi connectivity index (χ1v) is 16.6. The molecule has 1 amide bonds. The Morgan fingerprint density at radius 3 is 2.54 bits per heavy atom. The molecule has 12 heteroatoms. The molecular weight excluding hydrogens is 739 g/mol. The Labute approximate surface area is 297 Å². The third kappa shape index (κ3) is 7.14. The number of hydrogen-bond acceptors (Lipinski definition) is 8. The number of amides is 1. The molecule has 1 aromatic heterocycles. The number of hydrazine groups is 1. The molecule has 48 heavy (non-hydrogen) atoms. The van der Waals surface area contributed by atoms with E-state index in [9.17, 15) is 20.1 Å². The molecule has 4 N–H and O–H groups in total. The molecule has 2 atom stereocenters. The summed E-state index contributed by atoms with van der Waals surface area (Å²) in [6.07, 6.45) is 6.59. The number of nitrogens with zero attached hydrogens (tertiary/aromatic N) is 5. The summed E-state index contributed by atoms with van der Waals surface area (Å²) in [5.41, 5.74) is 14.2. The molecule has 1 aliphatic heterocycles. The minimum atomic E-state index is -0.442. The Morgan fingerprint density at radius 1 is 1.12 bits per heavy atom. The van der Waals surface area contributed by atoms with Gasteiger partial charge in [0.25, 0.3) is 5.56 Å². The van der Waals surface area contributed by atoms with Gasteiger partial charge in [0.2, 0.25) is 5.91 Å². The molecule has 1 aliphatic rings. The van der Waals surface area contributed by atoms with Crippen LogP contribution in [0.3, 0.4) is 0 Å². The van der Waals surface area contributed by atoms with Gasteiger partial charge in [-0.05, 0) is 88.5 Å². The van der Waals surface area contributed by atoms with Gasteiger partial charge < -0.3 is 11.1 Å². The first kappa shape index (κ1) is 34.4. The zero-order valence-corrected chi connectivity index (χ0v) is 29.2. The summed E-state index contributed by atoms with van der Waals surface area (Å²) in [7, 11) is 1.73. The minimum Gasteiger partial charge on any atom is -0.388 e. The molecule has 0 spiro atoms. The molecule has 0 unspecified atom stereocenters. The highest BCUT2D eigenvalue weighted by Crippen LogP contribution is 2.37. The lowest BCUT2D eigenvalue weighted by Gasteiger charge is -2.26. The van der Waals surface area contributed by atoms with Crippen LogP contribution in [0.4, 0.5) is 11.4 Å². The predicted octanol–water partition coefficient (Wildman–Crippen LogP) is 6.85. The number of fused-ring (bicyclic) bond motifs is 4. The standard InChI is InChI=1S/C36H32ClIN8O2/c1-4-22-8-9-23-12-28(22)32(7-5-6-21(2)36(48)44-31-14-25(18-40)24(17-39)13-27(23)31)45-20-43-30(16-35(45)47)29-15-26(38)10-11-33(29)46(42-3)19-34(37)41/h4,8-16,19-21,32,42H,1,5-7,41H2,2-3H3,(H,44,48)/b34-19-/t21-,32+/m1/s1. The number of rotatable bonds is 6. The van der Waals surface area contributed by atoms with Crippen LogP contribution in [0, 0.1) is 32.2 Å². The van der Waals surface area contributed by atoms with Crippen molar-refractivity contribution in [3.05, 3.63) is 115 Å². The average Bonchev–Trinajstić information content (AvgIpc) is 3.08. The number of nitrogens with two attached hydrogens (primary N) is 1. The number of halogens is 2. The Bertz CT molecular complexity index is 2090. The van der Waals surface area contributed by atoms with Gasteiger partial charge in [-0.15, -0.1) is 0 Å². The Hall–Kier alpha value is -4.95. The number of carbonyl (C=O) groups is 1. The zero-order valence-electron chi connectivity index (χ0n) is 26.3. The zero-order chi connectivity index (χ0) is 34.5. The maximum Gasteiger partial charge on any atom is 0.254 e. The van der Waals surface area contributed by atoms with E-state index in [0.717, 1.165) is 14.7 Å². The number of carbonyl (C=O) groups excluding carboxylic acids is 1. The lowest BCUT2D eigenvalue weighted by atomic mass is 9.89. The molecule has 4 aromatic rings. The van der Waals surface area contributed by atoms with Crippen molar-refractivity contribution in [3.8, 4) is 34.5 Å². The largest absolute Gasteiger partial charge is 0.388 e. The van der Waals surface area contributed by atoms with Gasteiger partial charge in [-0.2, -0.15) is 10.5 Å². The molecule has 5 rings (SSSR count). The first-order chi connectivity index (χ1) is 23.1. The summed E-state index contributed by atoms with van der Waals surface area (Å²) in [5.74, 6) is -0.540. The topological polar surface area (TPSA) is 153 Å². The molecule has 10 nitrogen and oxygen atoms in total. The van der Waals surface area contributed by atoms with Crippen LogP contribution in [-0.2, 0) is 4.79 Å². The molecular formula is C36H32ClIN8O2. The number of aromatic nitrogens is 2. The van der Waals surface area contributed by atoms with Gasteiger partial charge in [0, 0.05) is 39.4 Å². The van der Waals surface area contributed by atoms with E-state index in [2.05, 4.69) is 52.1 Å². The lowest BCUT2D eigenvalue weighted by molar-refractivity contribution is -0.119. The van der Waals surface area contributed by atoms with E-state index in [-0.39, 0.29) is 33.7 Å². The maximum atomic E-state index is 14.0. The van der Waals surface area contributed by atoms with Gasteiger partial charge >= 0.3 is 0 Å². The average molecular weight is 771 g/mol. The number of benzene rings is 3. The summed E-state index contributed by atoms with van der Waals surface area (Å²) < 4.78 is 2.56. The fourth-order valence-electron chi connectivity index (χ4n) is 5.89. The second kappa shape index (κ2) is 14.9. The van der Waals surface area contributed by atoms with Crippen molar-refractivity contribution in [2.24, 2.45) is 11.7 Å². The van der Waals surface area contributed by atoms with Crippen molar-refractivity contribution in [1.82, 2.24) is 15.0 Å². The van der Waals surface area contributed by atoms with Crippen LogP contribution in [0.25, 0.3) is 28.5 Å². The van der Waals surface area contributed by atoms with Gasteiger partial charge in [-0.3, -0.25) is 19.2 Å². The Balaban J connectivity index is 1.69.